The third-order valence-corrected chi connectivity index (χ3v) is 3.44. The molecule has 2 aromatic carbocycles. The minimum atomic E-state index is -0.448. The van der Waals surface area contributed by atoms with Crippen molar-refractivity contribution in [2.75, 3.05) is 5.32 Å². The SMILES string of the molecule is Cc1ccc(F)cc1NC(=O)c1cc(=O)[nH]c2ccccc12. The second-order valence-corrected chi connectivity index (χ2v) is 5.01. The Morgan fingerprint density at radius 2 is 1.91 bits per heavy atom. The van der Waals surface area contributed by atoms with E-state index in [-0.39, 0.29) is 11.1 Å². The number of pyridine rings is 1. The molecule has 2 N–H and O–H groups in total. The first-order chi connectivity index (χ1) is 10.5. The molecule has 1 aromatic heterocycles. The lowest BCUT2D eigenvalue weighted by molar-refractivity contribution is 0.102. The minimum Gasteiger partial charge on any atom is -0.322 e. The Bertz CT molecular complexity index is 931. The van der Waals surface area contributed by atoms with Crippen LogP contribution in [0.1, 0.15) is 15.9 Å². The minimum absolute atomic E-state index is 0.253. The molecule has 22 heavy (non-hydrogen) atoms. The van der Waals surface area contributed by atoms with Gasteiger partial charge in [-0.05, 0) is 30.7 Å². The number of carbonyl (C=O) groups is 1. The highest BCUT2D eigenvalue weighted by Crippen LogP contribution is 2.19. The lowest BCUT2D eigenvalue weighted by Gasteiger charge is -2.10. The Morgan fingerprint density at radius 3 is 2.73 bits per heavy atom. The lowest BCUT2D eigenvalue weighted by atomic mass is 10.1. The number of nitrogens with one attached hydrogen (secondary N) is 2. The van der Waals surface area contributed by atoms with Gasteiger partial charge in [-0.2, -0.15) is 0 Å². The van der Waals surface area contributed by atoms with Crippen LogP contribution in [0, 0.1) is 12.7 Å². The molecule has 0 unspecified atom stereocenters. The molecule has 3 rings (SSSR count). The van der Waals surface area contributed by atoms with Crippen LogP contribution in [-0.4, -0.2) is 10.9 Å². The predicted octanol–water partition coefficient (Wildman–Crippen LogP) is 3.23. The second kappa shape index (κ2) is 5.44. The number of halogens is 1. The van der Waals surface area contributed by atoms with Crippen molar-refractivity contribution in [2.24, 2.45) is 0 Å². The zero-order chi connectivity index (χ0) is 15.7. The molecule has 0 fully saturated rings. The molecule has 0 saturated carbocycles. The fraction of sp³-hybridized carbons (Fsp3) is 0.0588. The molecule has 0 atom stereocenters. The molecule has 5 heteroatoms. The average molecular weight is 296 g/mol. The molecule has 3 aromatic rings. The van der Waals surface area contributed by atoms with Crippen LogP contribution in [0.4, 0.5) is 10.1 Å². The number of carbonyl (C=O) groups excluding carboxylic acids is 1. The maximum absolute atomic E-state index is 13.3. The number of aromatic amines is 1. The number of hydrogen-bond acceptors (Lipinski definition) is 2. The van der Waals surface area contributed by atoms with Crippen LogP contribution in [0.2, 0.25) is 0 Å². The molecule has 1 heterocycles. The molecular formula is C17H13FN2O2. The van der Waals surface area contributed by atoms with E-state index < -0.39 is 11.7 Å². The van der Waals surface area contributed by atoms with Crippen molar-refractivity contribution in [1.29, 1.82) is 0 Å². The highest BCUT2D eigenvalue weighted by atomic mass is 19.1. The van der Waals surface area contributed by atoms with E-state index in [4.69, 9.17) is 0 Å². The Morgan fingerprint density at radius 1 is 1.14 bits per heavy atom. The Balaban J connectivity index is 2.06. The molecule has 0 saturated heterocycles. The van der Waals surface area contributed by atoms with Gasteiger partial charge in [-0.1, -0.05) is 24.3 Å². The summed E-state index contributed by atoms with van der Waals surface area (Å²) in [4.78, 5) is 26.8. The summed E-state index contributed by atoms with van der Waals surface area (Å²) in [6.45, 7) is 1.77. The predicted molar refractivity (Wildman–Crippen MR) is 83.7 cm³/mol. The van der Waals surface area contributed by atoms with Gasteiger partial charge >= 0.3 is 0 Å². The van der Waals surface area contributed by atoms with Crippen LogP contribution in [0.3, 0.4) is 0 Å². The van der Waals surface area contributed by atoms with Gasteiger partial charge in [-0.3, -0.25) is 9.59 Å². The zero-order valence-electron chi connectivity index (χ0n) is 11.8. The van der Waals surface area contributed by atoms with E-state index in [1.165, 1.54) is 18.2 Å². The number of fused-ring (bicyclic) bond motifs is 1. The van der Waals surface area contributed by atoms with Crippen LogP contribution in [-0.2, 0) is 0 Å². The maximum atomic E-state index is 13.3. The van der Waals surface area contributed by atoms with E-state index in [0.29, 0.717) is 16.6 Å². The van der Waals surface area contributed by atoms with Gasteiger partial charge in [0.2, 0.25) is 5.56 Å². The van der Waals surface area contributed by atoms with Crippen LogP contribution < -0.4 is 10.9 Å². The van der Waals surface area contributed by atoms with E-state index in [9.17, 15) is 14.0 Å². The van der Waals surface area contributed by atoms with Crippen molar-refractivity contribution in [3.8, 4) is 0 Å². The smallest absolute Gasteiger partial charge is 0.256 e. The van der Waals surface area contributed by atoms with E-state index in [0.717, 1.165) is 5.56 Å². The van der Waals surface area contributed by atoms with Crippen molar-refractivity contribution in [1.82, 2.24) is 4.98 Å². The van der Waals surface area contributed by atoms with Crippen molar-refractivity contribution in [3.63, 3.8) is 0 Å². The number of amides is 1. The number of H-pyrrole nitrogens is 1. The van der Waals surface area contributed by atoms with E-state index >= 15 is 0 Å². The molecule has 4 nitrogen and oxygen atoms in total. The molecule has 0 aliphatic rings. The molecule has 0 spiro atoms. The number of aromatic nitrogens is 1. The molecule has 0 aliphatic heterocycles. The first-order valence-electron chi connectivity index (χ1n) is 6.74. The monoisotopic (exact) mass is 296 g/mol. The van der Waals surface area contributed by atoms with Crippen LogP contribution in [0.15, 0.2) is 53.3 Å². The highest BCUT2D eigenvalue weighted by Gasteiger charge is 2.13. The van der Waals surface area contributed by atoms with Crippen molar-refractivity contribution in [3.05, 3.63) is 75.8 Å². The highest BCUT2D eigenvalue weighted by molar-refractivity contribution is 6.12. The summed E-state index contributed by atoms with van der Waals surface area (Å²) >= 11 is 0. The van der Waals surface area contributed by atoms with Gasteiger partial charge in [0, 0.05) is 22.7 Å². The van der Waals surface area contributed by atoms with Crippen LogP contribution in [0.5, 0.6) is 0 Å². The van der Waals surface area contributed by atoms with E-state index in [1.807, 2.05) is 0 Å². The summed E-state index contributed by atoms with van der Waals surface area (Å²) < 4.78 is 13.3. The normalized spacial score (nSPS) is 10.6. The maximum Gasteiger partial charge on any atom is 0.256 e. The molecule has 1 amide bonds. The molecule has 0 bridgehead atoms. The summed E-state index contributed by atoms with van der Waals surface area (Å²) in [7, 11) is 0. The van der Waals surface area contributed by atoms with Crippen molar-refractivity contribution >= 4 is 22.5 Å². The standard InChI is InChI=1S/C17H13FN2O2/c1-10-6-7-11(18)8-15(10)20-17(22)13-9-16(21)19-14-5-3-2-4-12(13)14/h2-9H,1H3,(H,19,21)(H,20,22). The number of hydrogen-bond donors (Lipinski definition) is 2. The van der Waals surface area contributed by atoms with Gasteiger partial charge in [0.1, 0.15) is 5.82 Å². The van der Waals surface area contributed by atoms with Gasteiger partial charge in [-0.15, -0.1) is 0 Å². The van der Waals surface area contributed by atoms with Crippen molar-refractivity contribution < 1.29 is 9.18 Å². The second-order valence-electron chi connectivity index (χ2n) is 5.01. The number of rotatable bonds is 2. The summed E-state index contributed by atoms with van der Waals surface area (Å²) in [5.74, 6) is -0.882. The van der Waals surface area contributed by atoms with E-state index in [2.05, 4.69) is 10.3 Å². The van der Waals surface area contributed by atoms with Gasteiger partial charge < -0.3 is 10.3 Å². The third kappa shape index (κ3) is 2.61. The Hall–Kier alpha value is -2.95. The van der Waals surface area contributed by atoms with Gasteiger partial charge in [0.05, 0.1) is 5.56 Å². The first-order valence-corrected chi connectivity index (χ1v) is 6.74. The third-order valence-electron chi connectivity index (χ3n) is 3.44. The van der Waals surface area contributed by atoms with Gasteiger partial charge in [0.15, 0.2) is 0 Å². The van der Waals surface area contributed by atoms with Crippen LogP contribution >= 0.6 is 0 Å². The Labute approximate surface area is 125 Å². The summed E-state index contributed by atoms with van der Waals surface area (Å²) in [6.07, 6.45) is 0. The Kier molecular flexibility index (Phi) is 3.47. The van der Waals surface area contributed by atoms with Crippen LogP contribution in [0.25, 0.3) is 10.9 Å². The van der Waals surface area contributed by atoms with E-state index in [1.54, 1.807) is 37.3 Å². The topological polar surface area (TPSA) is 62.0 Å². The fourth-order valence-corrected chi connectivity index (χ4v) is 2.31. The molecule has 0 aliphatic carbocycles. The lowest BCUT2D eigenvalue weighted by Crippen LogP contribution is -2.17. The molecular weight excluding hydrogens is 283 g/mol. The van der Waals surface area contributed by atoms with Gasteiger partial charge in [-0.25, -0.2) is 4.39 Å². The summed E-state index contributed by atoms with van der Waals surface area (Å²) in [6, 6.07) is 12.4. The quantitative estimate of drug-likeness (QED) is 0.762. The number of aryl methyl sites for hydroxylation is 1. The number of benzene rings is 2. The van der Waals surface area contributed by atoms with Gasteiger partial charge in [0.25, 0.3) is 5.91 Å². The molecule has 110 valence electrons. The largest absolute Gasteiger partial charge is 0.322 e. The fourth-order valence-electron chi connectivity index (χ4n) is 2.31. The average Bonchev–Trinajstić information content (AvgIpc) is 2.50. The number of para-hydroxylation sites is 1. The first kappa shape index (κ1) is 14.0. The zero-order valence-corrected chi connectivity index (χ0v) is 11.8. The van der Waals surface area contributed by atoms with Crippen molar-refractivity contribution in [2.45, 2.75) is 6.92 Å². The number of anilines is 1. The molecule has 0 radical (unpaired) electrons. The summed E-state index contributed by atoms with van der Waals surface area (Å²) in [5, 5.41) is 3.29. The summed E-state index contributed by atoms with van der Waals surface area (Å²) in [5.41, 5.74) is 1.59.